The van der Waals surface area contributed by atoms with Crippen LogP contribution in [0.2, 0.25) is 0 Å². The molecule has 17 heavy (non-hydrogen) atoms. The summed E-state index contributed by atoms with van der Waals surface area (Å²) in [4.78, 5) is 16.2. The summed E-state index contributed by atoms with van der Waals surface area (Å²) in [7, 11) is 1.43. The van der Waals surface area contributed by atoms with Crippen LogP contribution in [0.25, 0.3) is 10.7 Å². The highest BCUT2D eigenvalue weighted by Gasteiger charge is 2.54. The van der Waals surface area contributed by atoms with Crippen molar-refractivity contribution in [1.29, 1.82) is 0 Å². The summed E-state index contributed by atoms with van der Waals surface area (Å²) < 4.78 is 9.08. The van der Waals surface area contributed by atoms with E-state index < -0.39 is 5.41 Å². The Balaban J connectivity index is 1.94. The molecule has 0 unspecified atom stereocenters. The van der Waals surface area contributed by atoms with E-state index in [0.717, 1.165) is 29.2 Å². The Kier molecular flexibility index (Phi) is 2.48. The SMILES string of the molecule is COC(=O)C1(c2csc(-c3ccsn3)n2)CC1. The van der Waals surface area contributed by atoms with Gasteiger partial charge in [-0.2, -0.15) is 4.37 Å². The Bertz CT molecular complexity index is 544. The molecule has 1 saturated carbocycles. The van der Waals surface area contributed by atoms with E-state index in [0.29, 0.717) is 0 Å². The second-order valence-corrected chi connectivity index (χ2v) is 5.52. The Labute approximate surface area is 106 Å². The lowest BCUT2D eigenvalue weighted by molar-refractivity contribution is -0.143. The van der Waals surface area contributed by atoms with E-state index in [-0.39, 0.29) is 5.97 Å². The lowest BCUT2D eigenvalue weighted by atomic mass is 10.0. The zero-order valence-electron chi connectivity index (χ0n) is 9.17. The van der Waals surface area contributed by atoms with Crippen molar-refractivity contribution >= 4 is 28.8 Å². The number of aromatic nitrogens is 2. The molecular formula is C11H10N2O2S2. The molecule has 0 aromatic carbocycles. The number of thiazole rings is 1. The maximum absolute atomic E-state index is 11.7. The first kappa shape index (κ1) is 10.9. The summed E-state index contributed by atoms with van der Waals surface area (Å²) in [6, 6.07) is 1.94. The van der Waals surface area contributed by atoms with Crippen molar-refractivity contribution in [3.63, 3.8) is 0 Å². The van der Waals surface area contributed by atoms with E-state index in [1.807, 2.05) is 16.8 Å². The predicted octanol–water partition coefficient (Wildman–Crippen LogP) is 2.47. The van der Waals surface area contributed by atoms with Crippen LogP contribution < -0.4 is 0 Å². The van der Waals surface area contributed by atoms with Crippen LogP contribution in [0, 0.1) is 0 Å². The van der Waals surface area contributed by atoms with Crippen LogP contribution >= 0.6 is 22.9 Å². The molecule has 4 nitrogen and oxygen atoms in total. The van der Waals surface area contributed by atoms with Gasteiger partial charge in [0.2, 0.25) is 0 Å². The first-order valence-corrected chi connectivity index (χ1v) is 6.93. The normalized spacial score (nSPS) is 16.8. The van der Waals surface area contributed by atoms with Crippen LogP contribution in [0.5, 0.6) is 0 Å². The van der Waals surface area contributed by atoms with Gasteiger partial charge in [0, 0.05) is 10.8 Å². The third-order valence-corrected chi connectivity index (χ3v) is 4.40. The average Bonchev–Trinajstić information content (AvgIpc) is 2.84. The molecular weight excluding hydrogens is 256 g/mol. The molecule has 0 amide bonds. The first-order valence-electron chi connectivity index (χ1n) is 5.21. The Morgan fingerprint density at radius 3 is 2.94 bits per heavy atom. The lowest BCUT2D eigenvalue weighted by Gasteiger charge is -2.08. The number of carbonyl (C=O) groups is 1. The molecule has 88 valence electrons. The first-order chi connectivity index (χ1) is 8.26. The van der Waals surface area contributed by atoms with Crippen LogP contribution in [0.1, 0.15) is 18.5 Å². The summed E-state index contributed by atoms with van der Waals surface area (Å²) in [5.74, 6) is -0.173. The number of hydrogen-bond acceptors (Lipinski definition) is 6. The average molecular weight is 266 g/mol. The maximum atomic E-state index is 11.7. The van der Waals surface area contributed by atoms with Crippen molar-refractivity contribution in [2.24, 2.45) is 0 Å². The van der Waals surface area contributed by atoms with Gasteiger partial charge in [0.05, 0.1) is 12.8 Å². The van der Waals surface area contributed by atoms with E-state index in [1.54, 1.807) is 0 Å². The summed E-state index contributed by atoms with van der Waals surface area (Å²) in [5, 5.41) is 4.73. The summed E-state index contributed by atoms with van der Waals surface area (Å²) in [6.07, 6.45) is 1.67. The second-order valence-electron chi connectivity index (χ2n) is 4.00. The van der Waals surface area contributed by atoms with E-state index in [2.05, 4.69) is 9.36 Å². The molecule has 3 rings (SSSR count). The van der Waals surface area contributed by atoms with Crippen molar-refractivity contribution in [1.82, 2.24) is 9.36 Å². The van der Waals surface area contributed by atoms with E-state index >= 15 is 0 Å². The van der Waals surface area contributed by atoms with Crippen LogP contribution in [0.15, 0.2) is 16.8 Å². The summed E-state index contributed by atoms with van der Waals surface area (Å²) >= 11 is 2.93. The van der Waals surface area contributed by atoms with Gasteiger partial charge in [-0.3, -0.25) is 4.79 Å². The minimum atomic E-state index is -0.473. The quantitative estimate of drug-likeness (QED) is 0.801. The molecule has 0 saturated heterocycles. The molecule has 1 aliphatic carbocycles. The largest absolute Gasteiger partial charge is 0.468 e. The Morgan fingerprint density at radius 1 is 1.53 bits per heavy atom. The smallest absolute Gasteiger partial charge is 0.317 e. The van der Waals surface area contributed by atoms with Gasteiger partial charge in [0.25, 0.3) is 0 Å². The van der Waals surface area contributed by atoms with Crippen LogP contribution in [-0.4, -0.2) is 22.4 Å². The minimum absolute atomic E-state index is 0.173. The molecule has 0 atom stereocenters. The zero-order chi connectivity index (χ0) is 11.9. The van der Waals surface area contributed by atoms with Gasteiger partial charge in [-0.05, 0) is 30.4 Å². The number of ether oxygens (including phenoxy) is 1. The van der Waals surface area contributed by atoms with Gasteiger partial charge in [0.1, 0.15) is 16.1 Å². The van der Waals surface area contributed by atoms with Crippen molar-refractivity contribution in [2.75, 3.05) is 7.11 Å². The molecule has 1 fully saturated rings. The fourth-order valence-corrected chi connectivity index (χ4v) is 3.28. The monoisotopic (exact) mass is 266 g/mol. The molecule has 0 aliphatic heterocycles. The van der Waals surface area contributed by atoms with Gasteiger partial charge in [0.15, 0.2) is 0 Å². The lowest BCUT2D eigenvalue weighted by Crippen LogP contribution is -2.22. The molecule has 1 aliphatic rings. The number of hydrogen-bond donors (Lipinski definition) is 0. The predicted molar refractivity (Wildman–Crippen MR) is 66.2 cm³/mol. The van der Waals surface area contributed by atoms with Gasteiger partial charge in [-0.25, -0.2) is 4.98 Å². The van der Waals surface area contributed by atoms with E-state index in [1.165, 1.54) is 30.0 Å². The highest BCUT2D eigenvalue weighted by Crippen LogP contribution is 2.49. The third kappa shape index (κ3) is 1.68. The van der Waals surface area contributed by atoms with Gasteiger partial charge < -0.3 is 4.74 Å². The number of nitrogens with zero attached hydrogens (tertiary/aromatic N) is 2. The van der Waals surface area contributed by atoms with Gasteiger partial charge in [-0.15, -0.1) is 11.3 Å². The summed E-state index contributed by atoms with van der Waals surface area (Å²) in [6.45, 7) is 0. The molecule has 0 bridgehead atoms. The molecule has 0 radical (unpaired) electrons. The Morgan fingerprint density at radius 2 is 2.35 bits per heavy atom. The number of carbonyl (C=O) groups excluding carboxylic acids is 1. The molecule has 6 heteroatoms. The molecule has 2 aromatic rings. The topological polar surface area (TPSA) is 52.1 Å². The van der Waals surface area contributed by atoms with Crippen molar-refractivity contribution in [3.8, 4) is 10.7 Å². The Hall–Kier alpha value is -1.27. The zero-order valence-corrected chi connectivity index (χ0v) is 10.8. The van der Waals surface area contributed by atoms with Gasteiger partial charge >= 0.3 is 5.97 Å². The second kappa shape index (κ2) is 3.89. The van der Waals surface area contributed by atoms with Gasteiger partial charge in [-0.1, -0.05) is 0 Å². The standard InChI is InChI=1S/C11H10N2O2S2/c1-15-10(14)11(3-4-11)8-6-16-9(12-8)7-2-5-17-13-7/h2,5-6H,3-4H2,1H3. The minimum Gasteiger partial charge on any atom is -0.468 e. The number of methoxy groups -OCH3 is 1. The molecule has 0 N–H and O–H groups in total. The van der Waals surface area contributed by atoms with E-state index in [4.69, 9.17) is 4.74 Å². The third-order valence-electron chi connectivity index (χ3n) is 2.98. The maximum Gasteiger partial charge on any atom is 0.317 e. The number of esters is 1. The summed E-state index contributed by atoms with van der Waals surface area (Å²) in [5.41, 5.74) is 1.24. The highest BCUT2D eigenvalue weighted by molar-refractivity contribution is 7.13. The fourth-order valence-electron chi connectivity index (χ4n) is 1.82. The molecule has 0 spiro atoms. The van der Waals surface area contributed by atoms with Crippen LogP contribution in [-0.2, 0) is 14.9 Å². The highest BCUT2D eigenvalue weighted by atomic mass is 32.1. The van der Waals surface area contributed by atoms with Crippen LogP contribution in [0.4, 0.5) is 0 Å². The van der Waals surface area contributed by atoms with Crippen molar-refractivity contribution < 1.29 is 9.53 Å². The van der Waals surface area contributed by atoms with Crippen molar-refractivity contribution in [2.45, 2.75) is 18.3 Å². The van der Waals surface area contributed by atoms with E-state index in [9.17, 15) is 4.79 Å². The molecule has 2 heterocycles. The fraction of sp³-hybridized carbons (Fsp3) is 0.364. The molecule has 2 aromatic heterocycles. The van der Waals surface area contributed by atoms with Crippen LogP contribution in [0.3, 0.4) is 0 Å². The number of rotatable bonds is 3. The van der Waals surface area contributed by atoms with Crippen molar-refractivity contribution in [3.05, 3.63) is 22.5 Å².